The predicted molar refractivity (Wildman–Crippen MR) is 132 cm³/mol. The van der Waals surface area contributed by atoms with Gasteiger partial charge in [0.15, 0.2) is 11.0 Å². The minimum absolute atomic E-state index is 0.183. The number of thioether (sulfide) groups is 1. The Kier molecular flexibility index (Phi) is 7.70. The Morgan fingerprint density at radius 2 is 1.79 bits per heavy atom. The van der Waals surface area contributed by atoms with E-state index in [0.29, 0.717) is 12.5 Å². The standard InChI is InChI=1S/C26H32N4O2S/c1-4-30-24(22-12-8-9-13-23(22)32-3)27-28-26(30)33-19(2)25(31)29-16-14-21(15-17-29)18-20-10-6-5-7-11-20/h5-13,19,21H,4,14-18H2,1-3H3. The van der Waals surface area contributed by atoms with E-state index < -0.39 is 0 Å². The van der Waals surface area contributed by atoms with E-state index >= 15 is 0 Å². The second-order valence-electron chi connectivity index (χ2n) is 8.47. The molecule has 7 heteroatoms. The fourth-order valence-corrected chi connectivity index (χ4v) is 5.46. The third kappa shape index (κ3) is 5.41. The highest BCUT2D eigenvalue weighted by Crippen LogP contribution is 2.32. The molecular weight excluding hydrogens is 432 g/mol. The van der Waals surface area contributed by atoms with E-state index in [4.69, 9.17) is 4.74 Å². The van der Waals surface area contributed by atoms with E-state index in [9.17, 15) is 4.79 Å². The Hall–Kier alpha value is -2.80. The average molecular weight is 465 g/mol. The molecule has 0 aliphatic carbocycles. The lowest BCUT2D eigenvalue weighted by molar-refractivity contribution is -0.131. The quantitative estimate of drug-likeness (QED) is 0.442. The van der Waals surface area contributed by atoms with Crippen molar-refractivity contribution in [3.05, 3.63) is 60.2 Å². The molecule has 6 nitrogen and oxygen atoms in total. The molecular formula is C26H32N4O2S. The third-order valence-corrected chi connectivity index (χ3v) is 7.37. The van der Waals surface area contributed by atoms with Crippen molar-refractivity contribution in [3.63, 3.8) is 0 Å². The molecule has 1 aliphatic rings. The van der Waals surface area contributed by atoms with Crippen molar-refractivity contribution in [2.75, 3.05) is 20.2 Å². The first-order valence-corrected chi connectivity index (χ1v) is 12.5. The zero-order valence-electron chi connectivity index (χ0n) is 19.6. The van der Waals surface area contributed by atoms with Gasteiger partial charge in [-0.25, -0.2) is 0 Å². The Morgan fingerprint density at radius 1 is 1.09 bits per heavy atom. The van der Waals surface area contributed by atoms with Gasteiger partial charge in [0.2, 0.25) is 5.91 Å². The number of rotatable bonds is 8. The molecule has 0 N–H and O–H groups in total. The summed E-state index contributed by atoms with van der Waals surface area (Å²) in [6.45, 7) is 6.41. The number of benzene rings is 2. The van der Waals surface area contributed by atoms with Crippen LogP contribution in [-0.4, -0.2) is 51.0 Å². The van der Waals surface area contributed by atoms with Gasteiger partial charge >= 0.3 is 0 Å². The number of amides is 1. The van der Waals surface area contributed by atoms with Gasteiger partial charge in [-0.3, -0.25) is 4.79 Å². The highest BCUT2D eigenvalue weighted by molar-refractivity contribution is 8.00. The number of hydrogen-bond donors (Lipinski definition) is 0. The minimum atomic E-state index is -0.212. The van der Waals surface area contributed by atoms with Gasteiger partial charge in [-0.05, 0) is 56.7 Å². The fraction of sp³-hybridized carbons (Fsp3) is 0.423. The number of aromatic nitrogens is 3. The largest absolute Gasteiger partial charge is 0.496 e. The molecule has 0 bridgehead atoms. The SMILES string of the molecule is CCn1c(SC(C)C(=O)N2CCC(Cc3ccccc3)CC2)nnc1-c1ccccc1OC. The summed E-state index contributed by atoms with van der Waals surface area (Å²) in [5.41, 5.74) is 2.29. The molecule has 2 heterocycles. The van der Waals surface area contributed by atoms with Crippen molar-refractivity contribution in [1.82, 2.24) is 19.7 Å². The third-order valence-electron chi connectivity index (χ3n) is 6.30. The van der Waals surface area contributed by atoms with Crippen LogP contribution in [0.2, 0.25) is 0 Å². The van der Waals surface area contributed by atoms with Crippen LogP contribution in [-0.2, 0) is 17.8 Å². The van der Waals surface area contributed by atoms with E-state index in [2.05, 4.69) is 52.0 Å². The fourth-order valence-electron chi connectivity index (χ4n) is 4.46. The Morgan fingerprint density at radius 3 is 2.48 bits per heavy atom. The van der Waals surface area contributed by atoms with E-state index in [1.54, 1.807) is 7.11 Å². The normalized spacial score (nSPS) is 15.4. The number of methoxy groups -OCH3 is 1. The summed E-state index contributed by atoms with van der Waals surface area (Å²) >= 11 is 1.49. The molecule has 1 saturated heterocycles. The topological polar surface area (TPSA) is 60.2 Å². The van der Waals surface area contributed by atoms with Gasteiger partial charge in [0.25, 0.3) is 0 Å². The molecule has 1 aliphatic heterocycles. The van der Waals surface area contributed by atoms with Gasteiger partial charge in [0.05, 0.1) is 17.9 Å². The number of piperidine rings is 1. The van der Waals surface area contributed by atoms with Crippen LogP contribution < -0.4 is 4.74 Å². The molecule has 1 aromatic heterocycles. The molecule has 0 radical (unpaired) electrons. The predicted octanol–water partition coefficient (Wildman–Crippen LogP) is 4.94. The van der Waals surface area contributed by atoms with Gasteiger partial charge in [-0.15, -0.1) is 10.2 Å². The second-order valence-corrected chi connectivity index (χ2v) is 9.78. The minimum Gasteiger partial charge on any atom is -0.496 e. The van der Waals surface area contributed by atoms with Crippen LogP contribution >= 0.6 is 11.8 Å². The Labute approximate surface area is 200 Å². The molecule has 0 spiro atoms. The van der Waals surface area contributed by atoms with Crippen LogP contribution in [0.1, 0.15) is 32.3 Å². The number of likely N-dealkylation sites (tertiary alicyclic amines) is 1. The summed E-state index contributed by atoms with van der Waals surface area (Å²) in [6.07, 6.45) is 3.21. The highest BCUT2D eigenvalue weighted by atomic mass is 32.2. The lowest BCUT2D eigenvalue weighted by Gasteiger charge is -2.33. The maximum absolute atomic E-state index is 13.2. The number of para-hydroxylation sites is 1. The van der Waals surface area contributed by atoms with Crippen molar-refractivity contribution in [2.24, 2.45) is 5.92 Å². The summed E-state index contributed by atoms with van der Waals surface area (Å²) in [7, 11) is 1.66. The van der Waals surface area contributed by atoms with Gasteiger partial charge in [0, 0.05) is 19.6 Å². The first-order valence-electron chi connectivity index (χ1n) is 11.7. The van der Waals surface area contributed by atoms with Crippen molar-refractivity contribution >= 4 is 17.7 Å². The lowest BCUT2D eigenvalue weighted by Crippen LogP contribution is -2.42. The smallest absolute Gasteiger partial charge is 0.235 e. The zero-order valence-corrected chi connectivity index (χ0v) is 20.4. The van der Waals surface area contributed by atoms with Crippen LogP contribution in [0.15, 0.2) is 59.8 Å². The van der Waals surface area contributed by atoms with Crippen LogP contribution in [0.4, 0.5) is 0 Å². The number of carbonyl (C=O) groups excluding carboxylic acids is 1. The second kappa shape index (κ2) is 10.9. The molecule has 1 atom stereocenters. The maximum Gasteiger partial charge on any atom is 0.235 e. The molecule has 4 rings (SSSR count). The molecule has 0 saturated carbocycles. The van der Waals surface area contributed by atoms with Crippen LogP contribution in [0.5, 0.6) is 5.75 Å². The van der Waals surface area contributed by atoms with E-state index in [1.807, 2.05) is 36.1 Å². The Balaban J connectivity index is 1.38. The molecule has 3 aromatic rings. The van der Waals surface area contributed by atoms with Gasteiger partial charge < -0.3 is 14.2 Å². The number of carbonyl (C=O) groups is 1. The Bertz CT molecular complexity index is 1060. The van der Waals surface area contributed by atoms with E-state index in [-0.39, 0.29) is 11.2 Å². The van der Waals surface area contributed by atoms with Crippen molar-refractivity contribution in [1.29, 1.82) is 0 Å². The molecule has 2 aromatic carbocycles. The van der Waals surface area contributed by atoms with E-state index in [1.165, 1.54) is 17.3 Å². The number of nitrogens with zero attached hydrogens (tertiary/aromatic N) is 4. The number of ether oxygens (including phenoxy) is 1. The maximum atomic E-state index is 13.2. The molecule has 1 fully saturated rings. The molecule has 1 amide bonds. The summed E-state index contributed by atoms with van der Waals surface area (Å²) in [5.74, 6) is 2.35. The van der Waals surface area contributed by atoms with Crippen LogP contribution in [0.3, 0.4) is 0 Å². The monoisotopic (exact) mass is 464 g/mol. The summed E-state index contributed by atoms with van der Waals surface area (Å²) in [6, 6.07) is 18.5. The molecule has 1 unspecified atom stereocenters. The number of hydrogen-bond acceptors (Lipinski definition) is 5. The molecule has 33 heavy (non-hydrogen) atoms. The summed E-state index contributed by atoms with van der Waals surface area (Å²) in [4.78, 5) is 15.2. The van der Waals surface area contributed by atoms with Gasteiger partial charge in [0.1, 0.15) is 5.75 Å². The molecule has 174 valence electrons. The van der Waals surface area contributed by atoms with Crippen molar-refractivity contribution in [3.8, 4) is 17.1 Å². The first kappa shape index (κ1) is 23.4. The van der Waals surface area contributed by atoms with Crippen LogP contribution in [0, 0.1) is 5.92 Å². The lowest BCUT2D eigenvalue weighted by atomic mass is 9.90. The van der Waals surface area contributed by atoms with Crippen molar-refractivity contribution in [2.45, 2.75) is 50.1 Å². The van der Waals surface area contributed by atoms with Crippen molar-refractivity contribution < 1.29 is 9.53 Å². The average Bonchev–Trinajstić information content (AvgIpc) is 3.26. The van der Waals surface area contributed by atoms with E-state index in [0.717, 1.165) is 54.6 Å². The zero-order chi connectivity index (χ0) is 23.2. The highest BCUT2D eigenvalue weighted by Gasteiger charge is 2.28. The van der Waals surface area contributed by atoms with Gasteiger partial charge in [-0.1, -0.05) is 54.2 Å². The summed E-state index contributed by atoms with van der Waals surface area (Å²) in [5, 5.41) is 9.39. The first-order chi connectivity index (χ1) is 16.1. The van der Waals surface area contributed by atoms with Gasteiger partial charge in [-0.2, -0.15) is 0 Å². The van der Waals surface area contributed by atoms with Crippen LogP contribution in [0.25, 0.3) is 11.4 Å². The summed E-state index contributed by atoms with van der Waals surface area (Å²) < 4.78 is 7.56.